The van der Waals surface area contributed by atoms with Crippen LogP contribution in [0.15, 0.2) is 55.1 Å². The number of nitrogens with zero attached hydrogens (tertiary/aromatic N) is 9. The number of nitriles is 1. The van der Waals surface area contributed by atoms with Gasteiger partial charge in [0.1, 0.15) is 24.5 Å². The Morgan fingerprint density at radius 3 is 2.54 bits per heavy atom. The number of amides is 1. The highest BCUT2D eigenvalue weighted by Gasteiger charge is 2.48. The number of carbonyl (C=O) groups excluding carboxylic acids is 1. The van der Waals surface area contributed by atoms with Gasteiger partial charge in [0.15, 0.2) is 11.9 Å². The number of benzene rings is 2. The van der Waals surface area contributed by atoms with E-state index < -0.39 is 24.5 Å². The zero-order valence-electron chi connectivity index (χ0n) is 28.1. The topological polar surface area (TPSA) is 161 Å². The quantitative estimate of drug-likeness (QED) is 0.273. The van der Waals surface area contributed by atoms with Crippen LogP contribution in [0.2, 0.25) is 0 Å². The van der Waals surface area contributed by atoms with Gasteiger partial charge in [-0.25, -0.2) is 23.7 Å². The summed E-state index contributed by atoms with van der Waals surface area (Å²) >= 11 is 0. The van der Waals surface area contributed by atoms with E-state index in [4.69, 9.17) is 9.47 Å². The van der Waals surface area contributed by atoms with Gasteiger partial charge in [0, 0.05) is 55.6 Å². The smallest absolute Gasteiger partial charge is 0.301 e. The fraction of sp³-hybridized carbons (Fsp3) is 0.441. The van der Waals surface area contributed by atoms with E-state index in [2.05, 4.69) is 64.3 Å². The highest BCUT2D eigenvalue weighted by atomic mass is 19.3. The van der Waals surface area contributed by atoms with Crippen molar-refractivity contribution in [1.29, 1.82) is 5.26 Å². The lowest BCUT2D eigenvalue weighted by Gasteiger charge is -2.46. The number of nitrogens with one attached hydrogen (secondary N) is 2. The van der Waals surface area contributed by atoms with Crippen molar-refractivity contribution in [1.82, 2.24) is 39.9 Å². The van der Waals surface area contributed by atoms with Crippen molar-refractivity contribution < 1.29 is 23.0 Å². The molecule has 14 nitrogen and oxygen atoms in total. The standard InChI is InChI=1S/C32H33F2N11O3.C2H6/c1-20-14-43(25-15-47-16-25)10-11-45(20)24-5-3-23(4-6-24)40-31-38-18-36-28(41-31)21-2-7-26(22(12-21)13-35)48-27-8-9-44(17-32(27,33)34)30(46)29-37-19-39-42-29;1-2/h2-7,12,18-20,25,27H,8-11,14-17H2,1H3,(H,37,39,42)(H,36,38,40,41);1-2H3/t20-,27-;/m0./s1. The van der Waals surface area contributed by atoms with Crippen LogP contribution in [0.1, 0.15) is 43.4 Å². The molecule has 0 bridgehead atoms. The number of hydrogen-bond donors (Lipinski definition) is 2. The minimum Gasteiger partial charge on any atom is -0.483 e. The molecule has 5 heterocycles. The lowest BCUT2D eigenvalue weighted by Crippen LogP contribution is -2.59. The van der Waals surface area contributed by atoms with E-state index in [1.54, 1.807) is 6.07 Å². The van der Waals surface area contributed by atoms with E-state index >= 15 is 8.78 Å². The molecule has 262 valence electrons. The predicted octanol–water partition coefficient (Wildman–Crippen LogP) is 4.14. The van der Waals surface area contributed by atoms with Crippen molar-refractivity contribution >= 4 is 23.2 Å². The molecule has 0 unspecified atom stereocenters. The Bertz CT molecular complexity index is 1800. The maximum atomic E-state index is 15.1. The van der Waals surface area contributed by atoms with Crippen LogP contribution in [0.5, 0.6) is 5.75 Å². The molecule has 7 rings (SSSR count). The van der Waals surface area contributed by atoms with Crippen molar-refractivity contribution in [3.63, 3.8) is 0 Å². The SMILES string of the molecule is CC.C[C@H]1CN(C2COC2)CCN1c1ccc(Nc2ncnc(-c3ccc(O[C@H]4CCN(C(=O)c5ncn[nH]5)CC4(F)F)c(C#N)c3)n2)cc1. The van der Waals surface area contributed by atoms with Gasteiger partial charge < -0.3 is 24.6 Å². The third-order valence-electron chi connectivity index (χ3n) is 8.89. The molecule has 0 spiro atoms. The van der Waals surface area contributed by atoms with Crippen LogP contribution in [-0.2, 0) is 4.74 Å². The van der Waals surface area contributed by atoms with Gasteiger partial charge in [-0.3, -0.25) is 14.8 Å². The Hall–Kier alpha value is -5.27. The molecule has 0 radical (unpaired) electrons. The number of H-pyrrole nitrogens is 1. The molecular formula is C34H39F2N11O3. The molecule has 2 aromatic heterocycles. The molecule has 0 aliphatic carbocycles. The summed E-state index contributed by atoms with van der Waals surface area (Å²) < 4.78 is 41.2. The second kappa shape index (κ2) is 15.1. The van der Waals surface area contributed by atoms with Gasteiger partial charge in [-0.05, 0) is 49.4 Å². The highest BCUT2D eigenvalue weighted by Crippen LogP contribution is 2.34. The summed E-state index contributed by atoms with van der Waals surface area (Å²) in [4.78, 5) is 35.2. The largest absolute Gasteiger partial charge is 0.483 e. The maximum Gasteiger partial charge on any atom is 0.301 e. The Labute approximate surface area is 288 Å². The number of halogens is 2. The number of anilines is 3. The number of carbonyl (C=O) groups is 1. The Kier molecular flexibility index (Phi) is 10.4. The molecular weight excluding hydrogens is 648 g/mol. The van der Waals surface area contributed by atoms with Gasteiger partial charge in [0.05, 0.1) is 31.4 Å². The number of piperazine rings is 1. The molecule has 3 aliphatic heterocycles. The van der Waals surface area contributed by atoms with E-state index in [9.17, 15) is 10.1 Å². The fourth-order valence-corrected chi connectivity index (χ4v) is 6.20. The fourth-order valence-electron chi connectivity index (χ4n) is 6.20. The summed E-state index contributed by atoms with van der Waals surface area (Å²) in [7, 11) is 0. The van der Waals surface area contributed by atoms with Crippen LogP contribution in [0.3, 0.4) is 0 Å². The predicted molar refractivity (Wildman–Crippen MR) is 180 cm³/mol. The Morgan fingerprint density at radius 1 is 1.08 bits per heavy atom. The van der Waals surface area contributed by atoms with Crippen LogP contribution < -0.4 is 15.0 Å². The van der Waals surface area contributed by atoms with Crippen LogP contribution in [0.4, 0.5) is 26.1 Å². The molecule has 50 heavy (non-hydrogen) atoms. The molecule has 2 N–H and O–H groups in total. The van der Waals surface area contributed by atoms with Gasteiger partial charge >= 0.3 is 5.92 Å². The zero-order chi connectivity index (χ0) is 35.3. The number of likely N-dealkylation sites (tertiary alicyclic amines) is 1. The first-order valence-corrected chi connectivity index (χ1v) is 16.7. The van der Waals surface area contributed by atoms with Gasteiger partial charge in [0.25, 0.3) is 5.91 Å². The second-order valence-electron chi connectivity index (χ2n) is 12.1. The second-order valence-corrected chi connectivity index (χ2v) is 12.1. The first-order valence-electron chi connectivity index (χ1n) is 16.7. The van der Waals surface area contributed by atoms with Crippen LogP contribution >= 0.6 is 0 Å². The van der Waals surface area contributed by atoms with Crippen molar-refractivity contribution in [2.75, 3.05) is 56.2 Å². The minimum absolute atomic E-state index is 0.00113. The van der Waals surface area contributed by atoms with Crippen molar-refractivity contribution in [2.45, 2.75) is 51.3 Å². The van der Waals surface area contributed by atoms with Gasteiger partial charge in [0.2, 0.25) is 11.8 Å². The molecule has 0 saturated carbocycles. The summed E-state index contributed by atoms with van der Waals surface area (Å²) in [5, 5.41) is 19.0. The molecule has 2 aromatic carbocycles. The van der Waals surface area contributed by atoms with Crippen molar-refractivity contribution in [3.8, 4) is 23.2 Å². The number of hydrogen-bond acceptors (Lipinski definition) is 12. The van der Waals surface area contributed by atoms with E-state index in [0.717, 1.165) is 55.5 Å². The lowest BCUT2D eigenvalue weighted by atomic mass is 10.0. The van der Waals surface area contributed by atoms with E-state index in [-0.39, 0.29) is 30.1 Å². The molecule has 4 aromatic rings. The highest BCUT2D eigenvalue weighted by molar-refractivity contribution is 5.90. The molecule has 16 heteroatoms. The summed E-state index contributed by atoms with van der Waals surface area (Å²) in [6.45, 7) is 10.0. The molecule has 1 amide bonds. The van der Waals surface area contributed by atoms with E-state index in [1.165, 1.54) is 18.5 Å². The van der Waals surface area contributed by atoms with E-state index in [0.29, 0.717) is 29.4 Å². The lowest BCUT2D eigenvalue weighted by molar-refractivity contribution is -0.132. The summed E-state index contributed by atoms with van der Waals surface area (Å²) in [5.74, 6) is -3.55. The average Bonchev–Trinajstić information content (AvgIpc) is 3.65. The number of ether oxygens (including phenoxy) is 2. The number of piperidine rings is 1. The first-order chi connectivity index (χ1) is 24.3. The van der Waals surface area contributed by atoms with Crippen LogP contribution in [-0.4, -0.2) is 116 Å². The molecule has 3 saturated heterocycles. The van der Waals surface area contributed by atoms with Crippen LogP contribution in [0, 0.1) is 11.3 Å². The number of aromatic nitrogens is 6. The minimum atomic E-state index is -3.37. The monoisotopic (exact) mass is 687 g/mol. The van der Waals surface area contributed by atoms with Gasteiger partial charge in [-0.2, -0.15) is 15.3 Å². The normalized spacial score (nSPS) is 20.6. The Morgan fingerprint density at radius 2 is 1.88 bits per heavy atom. The van der Waals surface area contributed by atoms with Crippen molar-refractivity contribution in [2.24, 2.45) is 0 Å². The van der Waals surface area contributed by atoms with E-state index in [1.807, 2.05) is 32.0 Å². The summed E-state index contributed by atoms with van der Waals surface area (Å²) in [5.41, 5.74) is 2.47. The Balaban J connectivity index is 0.00000212. The molecule has 3 aliphatic rings. The van der Waals surface area contributed by atoms with Gasteiger partial charge in [-0.15, -0.1) is 0 Å². The third kappa shape index (κ3) is 7.48. The molecule has 3 fully saturated rings. The third-order valence-corrected chi connectivity index (χ3v) is 8.89. The van der Waals surface area contributed by atoms with Crippen LogP contribution in [0.25, 0.3) is 11.4 Å². The number of rotatable bonds is 8. The number of alkyl halides is 2. The first kappa shape index (κ1) is 34.6. The maximum absolute atomic E-state index is 15.1. The molecule has 2 atom stereocenters. The number of aromatic amines is 1. The average molecular weight is 688 g/mol. The van der Waals surface area contributed by atoms with Gasteiger partial charge in [-0.1, -0.05) is 13.8 Å². The zero-order valence-corrected chi connectivity index (χ0v) is 28.1. The van der Waals surface area contributed by atoms with Crippen molar-refractivity contribution in [3.05, 3.63) is 66.5 Å². The summed E-state index contributed by atoms with van der Waals surface area (Å²) in [6.07, 6.45) is 0.813. The summed E-state index contributed by atoms with van der Waals surface area (Å²) in [6, 6.07) is 15.6.